The molecule has 0 aliphatic heterocycles. The second-order valence-electron chi connectivity index (χ2n) is 4.67. The third-order valence-electron chi connectivity index (χ3n) is 3.26. The first kappa shape index (κ1) is 13.3. The number of hydrogen-bond donors (Lipinski definition) is 1. The second kappa shape index (κ2) is 5.70. The molecule has 0 atom stereocenters. The summed E-state index contributed by atoms with van der Waals surface area (Å²) in [5.74, 6) is -0.231. The van der Waals surface area contributed by atoms with Gasteiger partial charge in [0.1, 0.15) is 5.82 Å². The Hall–Kier alpha value is -2.09. The molecule has 0 saturated heterocycles. The molecule has 19 heavy (non-hydrogen) atoms. The standard InChI is InChI=1S/C17H18FN/c1-4-14-10-16(18)9-8-15(14)11-19-17-12(2)6-5-7-13(17)3/h4-10,19H,1,11H2,2-3H3. The molecular formula is C17H18FN. The van der Waals surface area contributed by atoms with Gasteiger partial charge in [-0.3, -0.25) is 0 Å². The summed E-state index contributed by atoms with van der Waals surface area (Å²) < 4.78 is 13.2. The van der Waals surface area contributed by atoms with E-state index in [0.717, 1.165) is 16.8 Å². The summed E-state index contributed by atoms with van der Waals surface area (Å²) in [6.07, 6.45) is 1.69. The monoisotopic (exact) mass is 255 g/mol. The predicted molar refractivity (Wildman–Crippen MR) is 79.7 cm³/mol. The number of rotatable bonds is 4. The average Bonchev–Trinajstić information content (AvgIpc) is 2.39. The van der Waals surface area contributed by atoms with Crippen LogP contribution in [0.4, 0.5) is 10.1 Å². The van der Waals surface area contributed by atoms with E-state index in [-0.39, 0.29) is 5.82 Å². The minimum Gasteiger partial charge on any atom is -0.381 e. The Bertz CT molecular complexity index is 582. The first-order chi connectivity index (χ1) is 9.11. The average molecular weight is 255 g/mol. The zero-order chi connectivity index (χ0) is 13.8. The van der Waals surface area contributed by atoms with Crippen molar-refractivity contribution in [2.45, 2.75) is 20.4 Å². The van der Waals surface area contributed by atoms with E-state index < -0.39 is 0 Å². The Morgan fingerprint density at radius 3 is 2.47 bits per heavy atom. The lowest BCUT2D eigenvalue weighted by molar-refractivity contribution is 0.626. The van der Waals surface area contributed by atoms with Crippen LogP contribution in [0.1, 0.15) is 22.3 Å². The third kappa shape index (κ3) is 3.02. The van der Waals surface area contributed by atoms with Crippen molar-refractivity contribution in [2.75, 3.05) is 5.32 Å². The van der Waals surface area contributed by atoms with Gasteiger partial charge in [0.05, 0.1) is 0 Å². The van der Waals surface area contributed by atoms with Gasteiger partial charge in [0.2, 0.25) is 0 Å². The molecule has 2 heteroatoms. The van der Waals surface area contributed by atoms with Crippen molar-refractivity contribution >= 4 is 11.8 Å². The molecular weight excluding hydrogens is 237 g/mol. The summed E-state index contributed by atoms with van der Waals surface area (Å²) in [6.45, 7) is 8.54. The molecule has 0 spiro atoms. The number of halogens is 1. The molecule has 98 valence electrons. The van der Waals surface area contributed by atoms with Gasteiger partial charge in [0.25, 0.3) is 0 Å². The highest BCUT2D eigenvalue weighted by Crippen LogP contribution is 2.21. The van der Waals surface area contributed by atoms with Crippen molar-refractivity contribution in [1.82, 2.24) is 0 Å². The SMILES string of the molecule is C=Cc1cc(F)ccc1CNc1c(C)cccc1C. The van der Waals surface area contributed by atoms with Gasteiger partial charge in [0, 0.05) is 12.2 Å². The number of hydrogen-bond acceptors (Lipinski definition) is 1. The first-order valence-electron chi connectivity index (χ1n) is 6.33. The summed E-state index contributed by atoms with van der Waals surface area (Å²) in [7, 11) is 0. The van der Waals surface area contributed by atoms with Crippen molar-refractivity contribution in [3.05, 3.63) is 71.0 Å². The number of para-hydroxylation sites is 1. The Labute approximate surface area is 113 Å². The fraction of sp³-hybridized carbons (Fsp3) is 0.176. The highest BCUT2D eigenvalue weighted by Gasteiger charge is 2.04. The van der Waals surface area contributed by atoms with Crippen LogP contribution in [0.2, 0.25) is 0 Å². The minimum atomic E-state index is -0.231. The molecule has 2 rings (SSSR count). The molecule has 1 N–H and O–H groups in total. The van der Waals surface area contributed by atoms with Gasteiger partial charge in [0.15, 0.2) is 0 Å². The molecule has 2 aromatic rings. The Balaban J connectivity index is 2.21. The quantitative estimate of drug-likeness (QED) is 0.835. The van der Waals surface area contributed by atoms with Gasteiger partial charge in [-0.05, 0) is 48.2 Å². The molecule has 1 nitrogen and oxygen atoms in total. The fourth-order valence-electron chi connectivity index (χ4n) is 2.19. The highest BCUT2D eigenvalue weighted by atomic mass is 19.1. The summed E-state index contributed by atoms with van der Waals surface area (Å²) >= 11 is 0. The maximum absolute atomic E-state index is 13.2. The molecule has 0 aliphatic rings. The van der Waals surface area contributed by atoms with E-state index in [1.165, 1.54) is 23.3 Å². The van der Waals surface area contributed by atoms with Crippen LogP contribution in [0.25, 0.3) is 6.08 Å². The van der Waals surface area contributed by atoms with Crippen LogP contribution in [-0.2, 0) is 6.54 Å². The van der Waals surface area contributed by atoms with Gasteiger partial charge in [-0.15, -0.1) is 0 Å². The zero-order valence-corrected chi connectivity index (χ0v) is 11.3. The van der Waals surface area contributed by atoms with Crippen LogP contribution in [0.3, 0.4) is 0 Å². The van der Waals surface area contributed by atoms with Crippen LogP contribution in [0.5, 0.6) is 0 Å². The molecule has 0 amide bonds. The highest BCUT2D eigenvalue weighted by molar-refractivity contribution is 5.58. The maximum atomic E-state index is 13.2. The molecule has 0 aromatic heterocycles. The Morgan fingerprint density at radius 2 is 1.84 bits per heavy atom. The number of nitrogens with one attached hydrogen (secondary N) is 1. The molecule has 2 aromatic carbocycles. The van der Waals surface area contributed by atoms with Crippen molar-refractivity contribution < 1.29 is 4.39 Å². The van der Waals surface area contributed by atoms with E-state index in [9.17, 15) is 4.39 Å². The Kier molecular flexibility index (Phi) is 4.00. The van der Waals surface area contributed by atoms with Crippen molar-refractivity contribution in [2.24, 2.45) is 0 Å². The molecule has 0 radical (unpaired) electrons. The topological polar surface area (TPSA) is 12.0 Å². The van der Waals surface area contributed by atoms with Crippen LogP contribution < -0.4 is 5.32 Å². The summed E-state index contributed by atoms with van der Waals surface area (Å²) in [4.78, 5) is 0. The van der Waals surface area contributed by atoms with E-state index in [1.807, 2.05) is 6.07 Å². The van der Waals surface area contributed by atoms with Crippen LogP contribution in [0.15, 0.2) is 43.0 Å². The largest absolute Gasteiger partial charge is 0.381 e. The van der Waals surface area contributed by atoms with E-state index in [0.29, 0.717) is 6.54 Å². The van der Waals surface area contributed by atoms with Crippen LogP contribution >= 0.6 is 0 Å². The lowest BCUT2D eigenvalue weighted by Gasteiger charge is -2.14. The zero-order valence-electron chi connectivity index (χ0n) is 11.3. The van der Waals surface area contributed by atoms with Crippen molar-refractivity contribution in [1.29, 1.82) is 0 Å². The molecule has 0 heterocycles. The van der Waals surface area contributed by atoms with Gasteiger partial charge in [-0.1, -0.05) is 36.9 Å². The first-order valence-corrected chi connectivity index (χ1v) is 6.33. The fourth-order valence-corrected chi connectivity index (χ4v) is 2.19. The molecule has 0 aliphatic carbocycles. The van der Waals surface area contributed by atoms with E-state index in [4.69, 9.17) is 0 Å². The summed E-state index contributed by atoms with van der Waals surface area (Å²) in [5, 5.41) is 3.42. The predicted octanol–water partition coefficient (Wildman–Crippen LogP) is 4.70. The van der Waals surface area contributed by atoms with Crippen molar-refractivity contribution in [3.63, 3.8) is 0 Å². The molecule has 0 fully saturated rings. The van der Waals surface area contributed by atoms with Gasteiger partial charge >= 0.3 is 0 Å². The molecule has 0 bridgehead atoms. The van der Waals surface area contributed by atoms with Crippen molar-refractivity contribution in [3.8, 4) is 0 Å². The normalized spacial score (nSPS) is 10.3. The molecule has 0 unspecified atom stereocenters. The molecule has 0 saturated carbocycles. The van der Waals surface area contributed by atoms with Crippen LogP contribution in [-0.4, -0.2) is 0 Å². The lowest BCUT2D eigenvalue weighted by Crippen LogP contribution is -2.04. The van der Waals surface area contributed by atoms with E-state index >= 15 is 0 Å². The number of aryl methyl sites for hydroxylation is 2. The number of anilines is 1. The second-order valence-corrected chi connectivity index (χ2v) is 4.67. The maximum Gasteiger partial charge on any atom is 0.123 e. The number of benzene rings is 2. The van der Waals surface area contributed by atoms with E-state index in [2.05, 4.69) is 37.9 Å². The van der Waals surface area contributed by atoms with Crippen LogP contribution in [0, 0.1) is 19.7 Å². The Morgan fingerprint density at radius 1 is 1.16 bits per heavy atom. The van der Waals surface area contributed by atoms with Gasteiger partial charge in [-0.2, -0.15) is 0 Å². The lowest BCUT2D eigenvalue weighted by atomic mass is 10.1. The van der Waals surface area contributed by atoms with E-state index in [1.54, 1.807) is 12.1 Å². The smallest absolute Gasteiger partial charge is 0.123 e. The minimum absolute atomic E-state index is 0.231. The van der Waals surface area contributed by atoms with Gasteiger partial charge < -0.3 is 5.32 Å². The summed E-state index contributed by atoms with van der Waals surface area (Å²) in [5.41, 5.74) is 5.43. The van der Waals surface area contributed by atoms with Gasteiger partial charge in [-0.25, -0.2) is 4.39 Å². The summed E-state index contributed by atoms with van der Waals surface area (Å²) in [6, 6.07) is 11.0. The third-order valence-corrected chi connectivity index (χ3v) is 3.26.